The summed E-state index contributed by atoms with van der Waals surface area (Å²) in [6, 6.07) is 0. The molecular weight excluding hydrogens is 643 g/mol. The number of quaternary nitrogens is 1. The van der Waals surface area contributed by atoms with E-state index in [1.165, 1.54) is 44.9 Å². The molecule has 0 aromatic heterocycles. The first-order chi connectivity index (χ1) is 22.7. The molecule has 0 radical (unpaired) electrons. The second kappa shape index (κ2) is 28.6. The molecule has 1 N–H and O–H groups in total. The van der Waals surface area contributed by atoms with Crippen LogP contribution in [0, 0.1) is 0 Å². The van der Waals surface area contributed by atoms with Gasteiger partial charge < -0.3 is 18.9 Å². The molecule has 0 heterocycles. The molecule has 286 valence electrons. The number of likely N-dealkylation sites (N-methyl/N-ethyl adjacent to an activating group) is 1. The van der Waals surface area contributed by atoms with E-state index in [9.17, 15) is 27.8 Å². The number of carbonyl (C=O) groups excluding carboxylic acids is 2. The first-order valence-electron chi connectivity index (χ1n) is 18.9. The molecule has 0 saturated heterocycles. The Hall–Kier alpha value is -1.13. The molecule has 9 nitrogen and oxygen atoms in total. The maximum absolute atomic E-state index is 14.2. The highest BCUT2D eigenvalue weighted by molar-refractivity contribution is 7.47. The molecule has 0 spiro atoms. The van der Waals surface area contributed by atoms with Crippen LogP contribution in [0.25, 0.3) is 0 Å². The summed E-state index contributed by atoms with van der Waals surface area (Å²) in [5.74, 6) is -3.84. The van der Waals surface area contributed by atoms with Crippen molar-refractivity contribution < 1.29 is 50.8 Å². The normalized spacial score (nSPS) is 14.1. The Kier molecular flexibility index (Phi) is 27.9. The summed E-state index contributed by atoms with van der Waals surface area (Å²) in [5.41, 5.74) is 0. The zero-order chi connectivity index (χ0) is 36.2. The van der Waals surface area contributed by atoms with Crippen LogP contribution >= 0.6 is 7.82 Å². The number of hydrogen-bond acceptors (Lipinski definition) is 7. The molecule has 0 bridgehead atoms. The number of hydrogen-bond donors (Lipinski definition) is 1. The maximum Gasteiger partial charge on any atom is 0.472 e. The zero-order valence-corrected chi connectivity index (χ0v) is 32.0. The predicted octanol–water partition coefficient (Wildman–Crippen LogP) is 10.3. The molecular formula is C36H71F2NO8P+. The SMILES string of the molecule is CCCCCCCCCCCCCC(=O)OC(CCOP(=O)(O)OCC[N+](C)(C)C)OC(=O)CCCCCC(F)(F)CCCCCCC. The number of nitrogens with zero attached hydrogens (tertiary/aromatic N) is 1. The van der Waals surface area contributed by atoms with Crippen molar-refractivity contribution in [2.24, 2.45) is 0 Å². The van der Waals surface area contributed by atoms with Crippen molar-refractivity contribution in [3.8, 4) is 0 Å². The van der Waals surface area contributed by atoms with Gasteiger partial charge in [-0.25, -0.2) is 13.3 Å². The largest absolute Gasteiger partial charge is 0.472 e. The number of phosphoric ester groups is 1. The topological polar surface area (TPSA) is 108 Å². The first kappa shape index (κ1) is 46.9. The van der Waals surface area contributed by atoms with Crippen molar-refractivity contribution in [1.29, 1.82) is 0 Å². The summed E-state index contributed by atoms with van der Waals surface area (Å²) in [6.45, 7) is 4.46. The molecule has 0 aliphatic heterocycles. The van der Waals surface area contributed by atoms with Gasteiger partial charge in [0.15, 0.2) is 0 Å². The molecule has 0 saturated carbocycles. The van der Waals surface area contributed by atoms with Gasteiger partial charge in [-0.1, -0.05) is 110 Å². The lowest BCUT2D eigenvalue weighted by Crippen LogP contribution is -2.37. The van der Waals surface area contributed by atoms with Gasteiger partial charge in [-0.05, 0) is 25.7 Å². The van der Waals surface area contributed by atoms with E-state index in [0.717, 1.165) is 44.9 Å². The molecule has 0 rings (SSSR count). The van der Waals surface area contributed by atoms with Gasteiger partial charge in [-0.15, -0.1) is 0 Å². The lowest BCUT2D eigenvalue weighted by atomic mass is 10.0. The number of phosphoric acid groups is 1. The maximum atomic E-state index is 14.2. The molecule has 0 aliphatic carbocycles. The van der Waals surface area contributed by atoms with Crippen LogP contribution in [0.1, 0.15) is 168 Å². The standard InChI is InChI=1S/C36H70F2NO8P/c1-6-8-10-12-13-14-15-16-17-18-21-25-33(40)46-35(27-31-44-48(42,43)45-32-30-39(3,4)5)47-34(41)26-22-20-24-29-36(37,38)28-23-19-11-9-7-2/h35H,6-32H2,1-5H3/p+1. The molecule has 48 heavy (non-hydrogen) atoms. The average molecular weight is 715 g/mol. The van der Waals surface area contributed by atoms with Gasteiger partial charge in [-0.2, -0.15) is 0 Å². The summed E-state index contributed by atoms with van der Waals surface area (Å²) in [7, 11) is 1.41. The molecule has 0 aromatic rings. The molecule has 0 fully saturated rings. The fourth-order valence-electron chi connectivity index (χ4n) is 5.16. The molecule has 2 unspecified atom stereocenters. The van der Waals surface area contributed by atoms with E-state index in [1.54, 1.807) is 0 Å². The van der Waals surface area contributed by atoms with E-state index in [2.05, 4.69) is 13.8 Å². The van der Waals surface area contributed by atoms with Crippen LogP contribution in [0.15, 0.2) is 0 Å². The van der Waals surface area contributed by atoms with Crippen LogP contribution in [-0.4, -0.2) is 74.4 Å². The summed E-state index contributed by atoms with van der Waals surface area (Å²) in [5, 5.41) is 0. The van der Waals surface area contributed by atoms with E-state index >= 15 is 0 Å². The number of alkyl halides is 2. The minimum Gasteiger partial charge on any atom is -0.425 e. The summed E-state index contributed by atoms with van der Waals surface area (Å²) < 4.78 is 62.0. The second-order valence-corrected chi connectivity index (χ2v) is 15.7. The predicted molar refractivity (Wildman–Crippen MR) is 188 cm³/mol. The fourth-order valence-corrected chi connectivity index (χ4v) is 5.88. The highest BCUT2D eigenvalue weighted by Gasteiger charge is 2.28. The summed E-state index contributed by atoms with van der Waals surface area (Å²) >= 11 is 0. The number of halogens is 2. The van der Waals surface area contributed by atoms with Gasteiger partial charge in [0.1, 0.15) is 13.2 Å². The third-order valence-corrected chi connectivity index (χ3v) is 9.22. The fraction of sp³-hybridized carbons (Fsp3) is 0.944. The van der Waals surface area contributed by atoms with Crippen LogP contribution in [0.3, 0.4) is 0 Å². The Bertz CT molecular complexity index is 856. The highest BCUT2D eigenvalue weighted by atomic mass is 31.2. The number of carbonyl (C=O) groups is 2. The van der Waals surface area contributed by atoms with Crippen LogP contribution < -0.4 is 0 Å². The van der Waals surface area contributed by atoms with E-state index in [1.807, 2.05) is 21.1 Å². The van der Waals surface area contributed by atoms with Crippen molar-refractivity contribution >= 4 is 19.8 Å². The number of unbranched alkanes of at least 4 members (excludes halogenated alkanes) is 16. The second-order valence-electron chi connectivity index (χ2n) is 14.2. The zero-order valence-electron chi connectivity index (χ0n) is 31.1. The van der Waals surface area contributed by atoms with Gasteiger partial charge in [0.05, 0.1) is 27.7 Å². The van der Waals surface area contributed by atoms with Crippen molar-refractivity contribution in [2.45, 2.75) is 180 Å². The quantitative estimate of drug-likeness (QED) is 0.0231. The lowest BCUT2D eigenvalue weighted by molar-refractivity contribution is -0.870. The Labute approximate surface area is 291 Å². The van der Waals surface area contributed by atoms with Gasteiger partial charge in [0.25, 0.3) is 0 Å². The number of rotatable bonds is 34. The Morgan fingerprint density at radius 2 is 1.02 bits per heavy atom. The van der Waals surface area contributed by atoms with Crippen molar-refractivity contribution in [3.63, 3.8) is 0 Å². The third-order valence-electron chi connectivity index (χ3n) is 8.20. The lowest BCUT2D eigenvalue weighted by Gasteiger charge is -2.24. The Morgan fingerprint density at radius 1 is 0.646 bits per heavy atom. The van der Waals surface area contributed by atoms with E-state index in [0.29, 0.717) is 43.1 Å². The van der Waals surface area contributed by atoms with Gasteiger partial charge in [0.2, 0.25) is 12.2 Å². The summed E-state index contributed by atoms with van der Waals surface area (Å²) in [6.07, 6.45) is 16.6. The first-order valence-corrected chi connectivity index (χ1v) is 20.4. The molecule has 0 amide bonds. The van der Waals surface area contributed by atoms with Crippen LogP contribution in [-0.2, 0) is 32.7 Å². The Morgan fingerprint density at radius 3 is 1.46 bits per heavy atom. The van der Waals surface area contributed by atoms with Gasteiger partial charge in [0, 0.05) is 32.1 Å². The van der Waals surface area contributed by atoms with Gasteiger partial charge >= 0.3 is 19.8 Å². The van der Waals surface area contributed by atoms with Crippen LogP contribution in [0.5, 0.6) is 0 Å². The van der Waals surface area contributed by atoms with Crippen molar-refractivity contribution in [1.82, 2.24) is 0 Å². The van der Waals surface area contributed by atoms with E-state index in [4.69, 9.17) is 18.5 Å². The van der Waals surface area contributed by atoms with Crippen molar-refractivity contribution in [2.75, 3.05) is 40.9 Å². The summed E-state index contributed by atoms with van der Waals surface area (Å²) in [4.78, 5) is 35.1. The number of ether oxygens (including phenoxy) is 2. The third kappa shape index (κ3) is 32.1. The van der Waals surface area contributed by atoms with Gasteiger partial charge in [-0.3, -0.25) is 18.6 Å². The average Bonchev–Trinajstić information content (AvgIpc) is 2.98. The van der Waals surface area contributed by atoms with Crippen molar-refractivity contribution in [3.05, 3.63) is 0 Å². The van der Waals surface area contributed by atoms with E-state index in [-0.39, 0.29) is 45.3 Å². The smallest absolute Gasteiger partial charge is 0.425 e. The molecule has 2 atom stereocenters. The number of esters is 2. The van der Waals surface area contributed by atoms with Crippen LogP contribution in [0.4, 0.5) is 8.78 Å². The van der Waals surface area contributed by atoms with Crippen LogP contribution in [0.2, 0.25) is 0 Å². The van der Waals surface area contributed by atoms with E-state index < -0.39 is 32.0 Å². The molecule has 0 aliphatic rings. The minimum absolute atomic E-state index is 0.00846. The highest BCUT2D eigenvalue weighted by Crippen LogP contribution is 2.43. The minimum atomic E-state index is -4.35. The monoisotopic (exact) mass is 714 g/mol. The molecule has 12 heteroatoms. The Balaban J connectivity index is 4.62. The molecule has 0 aromatic carbocycles.